The van der Waals surface area contributed by atoms with Crippen LogP contribution in [0.4, 0.5) is 0 Å². The standard InChI is InChI=1S/C13H8O6/c14-8-2-1-5-6-3-9(15)10(16)4-7(6)13(18)19-12(5)11(8)17/h1-4,14-17H. The number of fused-ring (bicyclic) bond motifs is 3. The average Bonchev–Trinajstić information content (AvgIpc) is 2.37. The zero-order valence-corrected chi connectivity index (χ0v) is 9.41. The van der Waals surface area contributed by atoms with E-state index in [9.17, 15) is 25.2 Å². The minimum Gasteiger partial charge on any atom is -0.504 e. The van der Waals surface area contributed by atoms with Crippen molar-refractivity contribution in [3.8, 4) is 23.0 Å². The van der Waals surface area contributed by atoms with Crippen molar-refractivity contribution in [3.63, 3.8) is 0 Å². The number of rotatable bonds is 0. The van der Waals surface area contributed by atoms with Crippen LogP contribution in [-0.4, -0.2) is 20.4 Å². The minimum absolute atomic E-state index is 0.0629. The van der Waals surface area contributed by atoms with Gasteiger partial charge in [0.25, 0.3) is 0 Å². The van der Waals surface area contributed by atoms with Crippen molar-refractivity contribution in [1.82, 2.24) is 0 Å². The van der Waals surface area contributed by atoms with Crippen LogP contribution in [0.15, 0.2) is 33.5 Å². The van der Waals surface area contributed by atoms with Crippen LogP contribution in [-0.2, 0) is 0 Å². The van der Waals surface area contributed by atoms with Gasteiger partial charge in [0.1, 0.15) is 0 Å². The Morgan fingerprint density at radius 2 is 1.42 bits per heavy atom. The molecule has 0 fully saturated rings. The predicted molar refractivity (Wildman–Crippen MR) is 66.6 cm³/mol. The van der Waals surface area contributed by atoms with Crippen LogP contribution in [0.1, 0.15) is 0 Å². The molecule has 3 rings (SSSR count). The van der Waals surface area contributed by atoms with E-state index in [0.717, 1.165) is 6.07 Å². The maximum absolute atomic E-state index is 11.8. The summed E-state index contributed by atoms with van der Waals surface area (Å²) in [5.74, 6) is -1.81. The molecule has 0 aliphatic rings. The summed E-state index contributed by atoms with van der Waals surface area (Å²) in [6.45, 7) is 0. The molecule has 0 atom stereocenters. The van der Waals surface area contributed by atoms with Gasteiger partial charge in [-0.25, -0.2) is 4.79 Å². The molecule has 19 heavy (non-hydrogen) atoms. The van der Waals surface area contributed by atoms with Crippen molar-refractivity contribution in [2.45, 2.75) is 0 Å². The van der Waals surface area contributed by atoms with Crippen molar-refractivity contribution < 1.29 is 24.8 Å². The number of phenols is 4. The first kappa shape index (κ1) is 11.2. The number of aromatic hydroxyl groups is 4. The number of hydrogen-bond donors (Lipinski definition) is 4. The Labute approximate surface area is 105 Å². The van der Waals surface area contributed by atoms with Crippen LogP contribution < -0.4 is 5.63 Å². The molecule has 3 aromatic rings. The van der Waals surface area contributed by atoms with Gasteiger partial charge < -0.3 is 24.8 Å². The summed E-state index contributed by atoms with van der Waals surface area (Å²) >= 11 is 0. The Morgan fingerprint density at radius 3 is 2.11 bits per heavy atom. The highest BCUT2D eigenvalue weighted by molar-refractivity contribution is 6.07. The van der Waals surface area contributed by atoms with Crippen LogP contribution in [0.3, 0.4) is 0 Å². The second-order valence-electron chi connectivity index (χ2n) is 4.09. The topological polar surface area (TPSA) is 111 Å². The summed E-state index contributed by atoms with van der Waals surface area (Å²) in [5, 5.41) is 38.6. The SMILES string of the molecule is O=c1oc2c(O)c(O)ccc2c2cc(O)c(O)cc12. The molecule has 0 saturated heterocycles. The van der Waals surface area contributed by atoms with Gasteiger partial charge in [0.2, 0.25) is 5.75 Å². The number of phenolic OH excluding ortho intramolecular Hbond substituents is 4. The number of hydrogen-bond acceptors (Lipinski definition) is 6. The minimum atomic E-state index is -0.793. The molecule has 0 unspecified atom stereocenters. The number of benzene rings is 2. The molecule has 6 heteroatoms. The maximum atomic E-state index is 11.8. The lowest BCUT2D eigenvalue weighted by Gasteiger charge is -2.06. The highest BCUT2D eigenvalue weighted by atomic mass is 16.4. The van der Waals surface area contributed by atoms with E-state index >= 15 is 0 Å². The van der Waals surface area contributed by atoms with Gasteiger partial charge in [-0.3, -0.25) is 0 Å². The van der Waals surface area contributed by atoms with Gasteiger partial charge in [0.05, 0.1) is 5.39 Å². The largest absolute Gasteiger partial charge is 0.504 e. The first-order valence-electron chi connectivity index (χ1n) is 5.32. The molecule has 2 aromatic carbocycles. The third-order valence-electron chi connectivity index (χ3n) is 2.93. The molecule has 0 spiro atoms. The van der Waals surface area contributed by atoms with Crippen molar-refractivity contribution in [2.75, 3.05) is 0 Å². The molecular formula is C13H8O6. The van der Waals surface area contributed by atoms with Crippen LogP contribution in [0.2, 0.25) is 0 Å². The fraction of sp³-hybridized carbons (Fsp3) is 0. The Morgan fingerprint density at radius 1 is 0.789 bits per heavy atom. The normalized spacial score (nSPS) is 11.2. The summed E-state index contributed by atoms with van der Waals surface area (Å²) in [5.41, 5.74) is -0.971. The third kappa shape index (κ3) is 1.46. The molecule has 0 bridgehead atoms. The summed E-state index contributed by atoms with van der Waals surface area (Å²) in [7, 11) is 0. The highest BCUT2D eigenvalue weighted by Crippen LogP contribution is 2.38. The smallest absolute Gasteiger partial charge is 0.344 e. The fourth-order valence-electron chi connectivity index (χ4n) is 1.99. The van der Waals surface area contributed by atoms with Crippen molar-refractivity contribution in [1.29, 1.82) is 0 Å². The fourth-order valence-corrected chi connectivity index (χ4v) is 1.99. The highest BCUT2D eigenvalue weighted by Gasteiger charge is 2.15. The second kappa shape index (κ2) is 3.55. The van der Waals surface area contributed by atoms with E-state index in [4.69, 9.17) is 4.42 Å². The summed E-state index contributed by atoms with van der Waals surface area (Å²) in [6.07, 6.45) is 0. The lowest BCUT2D eigenvalue weighted by Crippen LogP contribution is -1.99. The van der Waals surface area contributed by atoms with Gasteiger partial charge in [-0.05, 0) is 24.3 Å². The Kier molecular flexibility index (Phi) is 2.10. The van der Waals surface area contributed by atoms with Crippen LogP contribution in [0, 0.1) is 0 Å². The molecule has 6 nitrogen and oxygen atoms in total. The van der Waals surface area contributed by atoms with Gasteiger partial charge in [0.15, 0.2) is 22.8 Å². The Bertz CT molecular complexity index is 878. The zero-order chi connectivity index (χ0) is 13.7. The molecule has 1 heterocycles. The van der Waals surface area contributed by atoms with E-state index in [0.29, 0.717) is 10.8 Å². The average molecular weight is 260 g/mol. The van der Waals surface area contributed by atoms with Gasteiger partial charge in [-0.15, -0.1) is 0 Å². The Balaban J connectivity index is 2.64. The van der Waals surface area contributed by atoms with E-state index in [1.807, 2.05) is 0 Å². The van der Waals surface area contributed by atoms with Gasteiger partial charge in [0, 0.05) is 10.8 Å². The van der Waals surface area contributed by atoms with Gasteiger partial charge in [-0.2, -0.15) is 0 Å². The van der Waals surface area contributed by atoms with Crippen molar-refractivity contribution in [3.05, 3.63) is 34.7 Å². The molecule has 0 amide bonds. The molecular weight excluding hydrogens is 252 g/mol. The van der Waals surface area contributed by atoms with Crippen LogP contribution in [0.5, 0.6) is 23.0 Å². The monoisotopic (exact) mass is 260 g/mol. The molecule has 0 saturated carbocycles. The Hall–Kier alpha value is -2.89. The first-order valence-corrected chi connectivity index (χ1v) is 5.32. The van der Waals surface area contributed by atoms with E-state index < -0.39 is 28.6 Å². The van der Waals surface area contributed by atoms with Gasteiger partial charge >= 0.3 is 5.63 Å². The molecule has 1 aromatic heterocycles. The van der Waals surface area contributed by atoms with Crippen molar-refractivity contribution >= 4 is 21.7 Å². The van der Waals surface area contributed by atoms with E-state index in [-0.39, 0.29) is 11.0 Å². The summed E-state index contributed by atoms with van der Waals surface area (Å²) < 4.78 is 4.92. The molecule has 0 aliphatic heterocycles. The van der Waals surface area contributed by atoms with E-state index in [2.05, 4.69) is 0 Å². The first-order chi connectivity index (χ1) is 8.99. The van der Waals surface area contributed by atoms with E-state index in [1.165, 1.54) is 18.2 Å². The molecule has 0 radical (unpaired) electrons. The summed E-state index contributed by atoms with van der Waals surface area (Å²) in [6, 6.07) is 4.95. The zero-order valence-electron chi connectivity index (χ0n) is 9.41. The van der Waals surface area contributed by atoms with E-state index in [1.54, 1.807) is 0 Å². The third-order valence-corrected chi connectivity index (χ3v) is 2.93. The second-order valence-corrected chi connectivity index (χ2v) is 4.09. The maximum Gasteiger partial charge on any atom is 0.344 e. The van der Waals surface area contributed by atoms with Crippen LogP contribution in [0.25, 0.3) is 21.7 Å². The molecule has 4 N–H and O–H groups in total. The van der Waals surface area contributed by atoms with Crippen molar-refractivity contribution in [2.24, 2.45) is 0 Å². The molecule has 0 aliphatic carbocycles. The van der Waals surface area contributed by atoms with Gasteiger partial charge in [-0.1, -0.05) is 0 Å². The quantitative estimate of drug-likeness (QED) is 0.278. The lowest BCUT2D eigenvalue weighted by molar-refractivity contribution is 0.397. The lowest BCUT2D eigenvalue weighted by atomic mass is 10.1. The van der Waals surface area contributed by atoms with Crippen LogP contribution >= 0.6 is 0 Å². The predicted octanol–water partition coefficient (Wildman–Crippen LogP) is 1.77. The molecule has 96 valence electrons. The summed E-state index contributed by atoms with van der Waals surface area (Å²) in [4.78, 5) is 11.8.